The molecule has 1 N–H and O–H groups in total. The van der Waals surface area contributed by atoms with Gasteiger partial charge in [0.15, 0.2) is 5.96 Å². The molecule has 6 nitrogen and oxygen atoms in total. The highest BCUT2D eigenvalue weighted by molar-refractivity contribution is 14.0. The van der Waals surface area contributed by atoms with Crippen molar-refractivity contribution in [2.75, 3.05) is 20.6 Å². The molecule has 26 heavy (non-hydrogen) atoms. The number of aryl methyl sites for hydroxylation is 2. The second-order valence-corrected chi connectivity index (χ2v) is 7.03. The Balaban J connectivity index is 0.00000243. The molecule has 0 saturated heterocycles. The van der Waals surface area contributed by atoms with Crippen molar-refractivity contribution in [1.82, 2.24) is 25.0 Å². The smallest absolute Gasteiger partial charge is 0.193 e. The normalized spacial score (nSPS) is 16.6. The molecule has 0 aliphatic carbocycles. The summed E-state index contributed by atoms with van der Waals surface area (Å²) in [5, 5.41) is 12.7. The van der Waals surface area contributed by atoms with E-state index in [-0.39, 0.29) is 24.0 Å². The Hall–Kier alpha value is -1.35. The first kappa shape index (κ1) is 21.0. The van der Waals surface area contributed by atoms with E-state index in [0.717, 1.165) is 55.1 Å². The predicted octanol–water partition coefficient (Wildman–Crippen LogP) is 3.13. The van der Waals surface area contributed by atoms with Gasteiger partial charge in [0.2, 0.25) is 0 Å². The van der Waals surface area contributed by atoms with Gasteiger partial charge >= 0.3 is 0 Å². The fourth-order valence-electron chi connectivity index (χ4n) is 3.26. The van der Waals surface area contributed by atoms with Gasteiger partial charge in [0.25, 0.3) is 0 Å². The molecule has 0 bridgehead atoms. The van der Waals surface area contributed by atoms with E-state index in [1.807, 2.05) is 45.3 Å². The SMILES string of the molecule is CN=C(NCC1CCc2nnc(C)n2C1)N(C)Cc1ccc(Cl)cc1.I. The zero-order valence-electron chi connectivity index (χ0n) is 15.4. The van der Waals surface area contributed by atoms with E-state index in [1.165, 1.54) is 5.56 Å². The molecule has 142 valence electrons. The highest BCUT2D eigenvalue weighted by Gasteiger charge is 2.22. The van der Waals surface area contributed by atoms with Gasteiger partial charge in [0.05, 0.1) is 0 Å². The lowest BCUT2D eigenvalue weighted by Gasteiger charge is -2.27. The molecule has 1 atom stereocenters. The molecule has 2 heterocycles. The number of aromatic nitrogens is 3. The van der Waals surface area contributed by atoms with Crippen LogP contribution in [0.15, 0.2) is 29.3 Å². The number of halogens is 2. The maximum absolute atomic E-state index is 5.95. The van der Waals surface area contributed by atoms with Crippen LogP contribution in [-0.4, -0.2) is 46.3 Å². The summed E-state index contributed by atoms with van der Waals surface area (Å²) in [5.41, 5.74) is 1.21. The van der Waals surface area contributed by atoms with Crippen LogP contribution in [0.1, 0.15) is 23.6 Å². The second kappa shape index (κ2) is 9.55. The third-order valence-corrected chi connectivity index (χ3v) is 4.94. The molecule has 0 spiro atoms. The maximum atomic E-state index is 5.95. The summed E-state index contributed by atoms with van der Waals surface area (Å²) < 4.78 is 2.23. The van der Waals surface area contributed by atoms with Crippen LogP contribution in [-0.2, 0) is 19.5 Å². The lowest BCUT2D eigenvalue weighted by molar-refractivity contribution is 0.352. The van der Waals surface area contributed by atoms with Gasteiger partial charge in [-0.05, 0) is 37.0 Å². The molecular weight excluding hydrogens is 463 g/mol. The molecule has 0 radical (unpaired) electrons. The van der Waals surface area contributed by atoms with Crippen molar-refractivity contribution in [3.8, 4) is 0 Å². The standard InChI is InChI=1S/C18H25ClN6.HI/c1-13-22-23-17-9-6-15(12-25(13)17)10-21-18(20-2)24(3)11-14-4-7-16(19)8-5-14;/h4-5,7-8,15H,6,9-12H2,1-3H3,(H,20,21);1H. The van der Waals surface area contributed by atoms with Crippen LogP contribution in [0.5, 0.6) is 0 Å². The van der Waals surface area contributed by atoms with Gasteiger partial charge in [0.1, 0.15) is 11.6 Å². The number of aliphatic imine (C=N–C) groups is 1. The Labute approximate surface area is 177 Å². The Bertz CT molecular complexity index is 743. The molecule has 8 heteroatoms. The van der Waals surface area contributed by atoms with Gasteiger partial charge in [-0.3, -0.25) is 4.99 Å². The van der Waals surface area contributed by atoms with Crippen LogP contribution in [0.3, 0.4) is 0 Å². The van der Waals surface area contributed by atoms with Crippen molar-refractivity contribution in [1.29, 1.82) is 0 Å². The summed E-state index contributed by atoms with van der Waals surface area (Å²) in [7, 11) is 3.87. The number of guanidine groups is 1. The second-order valence-electron chi connectivity index (χ2n) is 6.59. The number of fused-ring (bicyclic) bond motifs is 1. The monoisotopic (exact) mass is 488 g/mol. The molecule has 1 aromatic heterocycles. The summed E-state index contributed by atoms with van der Waals surface area (Å²) in [5.74, 6) is 3.58. The highest BCUT2D eigenvalue weighted by Crippen LogP contribution is 2.19. The van der Waals surface area contributed by atoms with Crippen LogP contribution in [0.4, 0.5) is 0 Å². The first-order valence-corrected chi connectivity index (χ1v) is 8.99. The van der Waals surface area contributed by atoms with Gasteiger partial charge < -0.3 is 14.8 Å². The molecule has 3 rings (SSSR count). The molecular formula is C18H26ClIN6. The molecule has 1 unspecified atom stereocenters. The number of nitrogens with one attached hydrogen (secondary N) is 1. The molecule has 1 aliphatic heterocycles. The fraction of sp³-hybridized carbons (Fsp3) is 0.500. The van der Waals surface area contributed by atoms with Gasteiger partial charge in [0, 0.05) is 45.2 Å². The van der Waals surface area contributed by atoms with Gasteiger partial charge in [-0.2, -0.15) is 0 Å². The molecule has 1 aliphatic rings. The van der Waals surface area contributed by atoms with E-state index in [0.29, 0.717) is 5.92 Å². The minimum Gasteiger partial charge on any atom is -0.356 e. The van der Waals surface area contributed by atoms with Crippen molar-refractivity contribution in [2.45, 2.75) is 32.9 Å². The Morgan fingerprint density at radius 3 is 2.77 bits per heavy atom. The Kier molecular flexibility index (Phi) is 7.69. The van der Waals surface area contributed by atoms with E-state index in [1.54, 1.807) is 0 Å². The zero-order chi connectivity index (χ0) is 17.8. The van der Waals surface area contributed by atoms with Crippen molar-refractivity contribution in [3.05, 3.63) is 46.5 Å². The summed E-state index contributed by atoms with van der Waals surface area (Å²) in [6.07, 6.45) is 2.12. The highest BCUT2D eigenvalue weighted by atomic mass is 127. The number of hydrogen-bond acceptors (Lipinski definition) is 3. The molecule has 0 saturated carbocycles. The van der Waals surface area contributed by atoms with E-state index in [4.69, 9.17) is 11.6 Å². The van der Waals surface area contributed by atoms with Crippen LogP contribution in [0.25, 0.3) is 0 Å². The lowest BCUT2D eigenvalue weighted by Crippen LogP contribution is -2.42. The topological polar surface area (TPSA) is 58.3 Å². The maximum Gasteiger partial charge on any atom is 0.193 e. The summed E-state index contributed by atoms with van der Waals surface area (Å²) in [6, 6.07) is 7.93. The minimum atomic E-state index is 0. The number of rotatable bonds is 4. The first-order valence-electron chi connectivity index (χ1n) is 8.61. The third-order valence-electron chi connectivity index (χ3n) is 4.68. The van der Waals surface area contributed by atoms with E-state index in [2.05, 4.69) is 30.0 Å². The van der Waals surface area contributed by atoms with Crippen LogP contribution >= 0.6 is 35.6 Å². The van der Waals surface area contributed by atoms with Crippen LogP contribution < -0.4 is 5.32 Å². The Morgan fingerprint density at radius 2 is 2.08 bits per heavy atom. The fourth-order valence-corrected chi connectivity index (χ4v) is 3.38. The number of benzene rings is 1. The summed E-state index contributed by atoms with van der Waals surface area (Å²) >= 11 is 5.95. The summed E-state index contributed by atoms with van der Waals surface area (Å²) in [6.45, 7) is 4.68. The van der Waals surface area contributed by atoms with Gasteiger partial charge in [-0.1, -0.05) is 23.7 Å². The van der Waals surface area contributed by atoms with E-state index in [9.17, 15) is 0 Å². The number of hydrogen-bond donors (Lipinski definition) is 1. The van der Waals surface area contributed by atoms with Crippen molar-refractivity contribution in [3.63, 3.8) is 0 Å². The molecule has 1 aromatic carbocycles. The van der Waals surface area contributed by atoms with Crippen molar-refractivity contribution in [2.24, 2.45) is 10.9 Å². The largest absolute Gasteiger partial charge is 0.356 e. The van der Waals surface area contributed by atoms with Gasteiger partial charge in [-0.25, -0.2) is 0 Å². The van der Waals surface area contributed by atoms with Crippen LogP contribution in [0.2, 0.25) is 5.02 Å². The van der Waals surface area contributed by atoms with Crippen LogP contribution in [0, 0.1) is 12.8 Å². The van der Waals surface area contributed by atoms with Crippen molar-refractivity contribution < 1.29 is 0 Å². The van der Waals surface area contributed by atoms with Gasteiger partial charge in [-0.15, -0.1) is 34.2 Å². The summed E-state index contributed by atoms with van der Waals surface area (Å²) in [4.78, 5) is 6.54. The molecule has 0 fully saturated rings. The predicted molar refractivity (Wildman–Crippen MR) is 116 cm³/mol. The first-order chi connectivity index (χ1) is 12.1. The number of nitrogens with zero attached hydrogens (tertiary/aromatic N) is 5. The zero-order valence-corrected chi connectivity index (χ0v) is 18.5. The lowest BCUT2D eigenvalue weighted by atomic mass is 9.99. The average Bonchev–Trinajstić information content (AvgIpc) is 2.98. The molecule has 2 aromatic rings. The van der Waals surface area contributed by atoms with E-state index < -0.39 is 0 Å². The Morgan fingerprint density at radius 1 is 1.35 bits per heavy atom. The average molecular weight is 489 g/mol. The quantitative estimate of drug-likeness (QED) is 0.408. The van der Waals surface area contributed by atoms with E-state index >= 15 is 0 Å². The van der Waals surface area contributed by atoms with Crippen molar-refractivity contribution >= 4 is 41.5 Å². The minimum absolute atomic E-state index is 0. The third kappa shape index (κ3) is 5.09. The molecule has 0 amide bonds.